The van der Waals surface area contributed by atoms with E-state index in [4.69, 9.17) is 21.3 Å². The Hall–Kier alpha value is -4.16. The summed E-state index contributed by atoms with van der Waals surface area (Å²) in [4.78, 5) is 19.6. The van der Waals surface area contributed by atoms with E-state index in [0.717, 1.165) is 12.3 Å². The van der Waals surface area contributed by atoms with E-state index < -0.39 is 29.8 Å². The van der Waals surface area contributed by atoms with Gasteiger partial charge in [0, 0.05) is 28.7 Å². The van der Waals surface area contributed by atoms with Gasteiger partial charge in [0.15, 0.2) is 12.0 Å². The second kappa shape index (κ2) is 9.00. The number of aryl methyl sites for hydroxylation is 1. The number of rotatable bonds is 7. The molecule has 1 aliphatic heterocycles. The van der Waals surface area contributed by atoms with E-state index in [2.05, 4.69) is 15.3 Å². The fourth-order valence-corrected chi connectivity index (χ4v) is 3.19. The molecule has 1 aromatic heterocycles. The van der Waals surface area contributed by atoms with Crippen molar-refractivity contribution in [3.8, 4) is 11.5 Å². The molecule has 12 heteroatoms. The van der Waals surface area contributed by atoms with E-state index in [1.54, 1.807) is 25.1 Å². The number of carbonyl (C=O) groups excluding carboxylic acids is 1. The number of oxazole rings is 1. The maximum atomic E-state index is 14.5. The predicted molar refractivity (Wildman–Crippen MR) is 121 cm³/mol. The average molecular weight is 469 g/mol. The minimum atomic E-state index is -1.36. The van der Waals surface area contributed by atoms with Gasteiger partial charge in [0.25, 0.3) is 5.91 Å². The van der Waals surface area contributed by atoms with Crippen LogP contribution in [0.1, 0.15) is 28.7 Å². The number of nitrogen functional groups attached to an aromatic ring is 1. The number of amides is 1. The molecule has 10 nitrogen and oxygen atoms in total. The van der Waals surface area contributed by atoms with Gasteiger partial charge in [-0.1, -0.05) is 0 Å². The number of aromatic nitrogens is 1. The summed E-state index contributed by atoms with van der Waals surface area (Å²) in [7, 11) is 0. The Morgan fingerprint density at radius 3 is 2.85 bits per heavy atom. The molecule has 2 aromatic carbocycles. The first kappa shape index (κ1) is 23.0. The monoisotopic (exact) mass is 469 g/mol. The maximum Gasteiger partial charge on any atom is 0.269 e. The molecule has 3 atom stereocenters. The molecule has 3 aromatic rings. The summed E-state index contributed by atoms with van der Waals surface area (Å²) < 4.78 is 33.0. The van der Waals surface area contributed by atoms with Crippen molar-refractivity contribution >= 4 is 29.3 Å². The normalized spacial score (nSPS) is 18.4. The summed E-state index contributed by atoms with van der Waals surface area (Å²) in [6, 6.07) is 6.36. The summed E-state index contributed by atoms with van der Waals surface area (Å²) in [5, 5.41) is 21.1. The van der Waals surface area contributed by atoms with Crippen LogP contribution in [-0.2, 0) is 4.79 Å². The van der Waals surface area contributed by atoms with Crippen LogP contribution in [0.4, 0.5) is 20.2 Å². The van der Waals surface area contributed by atoms with Crippen molar-refractivity contribution < 1.29 is 23.2 Å². The lowest BCUT2D eigenvalue weighted by Crippen LogP contribution is -2.20. The molecule has 0 radical (unpaired) electrons. The molecule has 34 heavy (non-hydrogen) atoms. The number of nitrogens with two attached hydrogens (primary N) is 2. The molecule has 176 valence electrons. The number of nitrogens with one attached hydrogen (secondary N) is 2. The van der Waals surface area contributed by atoms with Gasteiger partial charge in [-0.15, -0.1) is 9.60 Å². The Balaban J connectivity index is 1.55. The molecule has 1 saturated heterocycles. The fourth-order valence-electron chi connectivity index (χ4n) is 3.19. The summed E-state index contributed by atoms with van der Waals surface area (Å²) in [6.07, 6.45) is 1.06. The number of hydrogen-bond donors (Lipinski definition) is 5. The molecule has 7 N–H and O–H groups in total. The Bertz CT molecular complexity index is 1310. The Morgan fingerprint density at radius 2 is 2.18 bits per heavy atom. The highest BCUT2D eigenvalue weighted by Gasteiger charge is 2.41. The average Bonchev–Trinajstić information content (AvgIpc) is 3.32. The number of aliphatic imine (C=N–C) groups is 1. The number of anilines is 2. The quantitative estimate of drug-likeness (QED) is 0.0877. The molecule has 1 fully saturated rings. The van der Waals surface area contributed by atoms with Crippen molar-refractivity contribution in [2.24, 2.45) is 10.7 Å². The van der Waals surface area contributed by atoms with Crippen LogP contribution in [0.2, 0.25) is 0 Å². The first-order valence-corrected chi connectivity index (χ1v) is 10.1. The van der Waals surface area contributed by atoms with E-state index in [1.807, 2.05) is 0 Å². The number of aliphatic hydroxyl groups excluding tert-OH is 1. The Morgan fingerprint density at radius 1 is 1.44 bits per heavy atom. The van der Waals surface area contributed by atoms with Crippen LogP contribution in [0.25, 0.3) is 11.5 Å². The number of halogens is 2. The predicted octanol–water partition coefficient (Wildman–Crippen LogP) is 2.27. The summed E-state index contributed by atoms with van der Waals surface area (Å²) in [6.45, 7) is 1.52. The number of carbonyl (C=O) groups is 1. The number of benzene rings is 2. The van der Waals surface area contributed by atoms with Gasteiger partial charge in [-0.3, -0.25) is 4.79 Å². The molecule has 0 bridgehead atoms. The molecule has 2 heterocycles. The van der Waals surface area contributed by atoms with Crippen molar-refractivity contribution in [1.82, 2.24) is 10.1 Å². The van der Waals surface area contributed by atoms with Crippen LogP contribution in [0, 0.1) is 18.2 Å². The van der Waals surface area contributed by atoms with Crippen molar-refractivity contribution in [3.63, 3.8) is 0 Å². The zero-order valence-electron chi connectivity index (χ0n) is 17.9. The van der Waals surface area contributed by atoms with E-state index in [-0.39, 0.29) is 28.9 Å². The van der Waals surface area contributed by atoms with Crippen molar-refractivity contribution in [2.75, 3.05) is 17.6 Å². The van der Waals surface area contributed by atoms with Gasteiger partial charge in [-0.2, -0.15) is 4.99 Å². The second-order valence-electron chi connectivity index (χ2n) is 7.68. The zero-order valence-corrected chi connectivity index (χ0v) is 17.9. The Kier molecular flexibility index (Phi) is 6.09. The van der Waals surface area contributed by atoms with E-state index in [9.17, 15) is 18.8 Å². The summed E-state index contributed by atoms with van der Waals surface area (Å²) in [5.74, 6) is -1.67. The van der Waals surface area contributed by atoms with Gasteiger partial charge in [-0.25, -0.2) is 9.37 Å². The zero-order chi connectivity index (χ0) is 24.6. The van der Waals surface area contributed by atoms with Crippen LogP contribution in [0.5, 0.6) is 0 Å². The summed E-state index contributed by atoms with van der Waals surface area (Å²) >= 11 is 0. The minimum absolute atomic E-state index is 0.0714. The molecule has 0 saturated carbocycles. The smallest absolute Gasteiger partial charge is 0.269 e. The molecule has 1 aliphatic rings. The third-order valence-corrected chi connectivity index (χ3v) is 5.23. The molecule has 1 amide bonds. The highest BCUT2D eigenvalue weighted by Crippen LogP contribution is 2.28. The van der Waals surface area contributed by atoms with Gasteiger partial charge >= 0.3 is 0 Å². The lowest BCUT2D eigenvalue weighted by atomic mass is 10.1. The van der Waals surface area contributed by atoms with Gasteiger partial charge in [0.2, 0.25) is 5.89 Å². The standard InChI is InChI=1S/C22H21F2N7O3/c1-10-4-14(23)13(19(27)30-20(32)17-9-31(17)24)6-16(10)29-21(33)18-8-28-22(34-18)11-2-3-15(26)12(5-11)7-25/h2-8,17,21,25,29,33H,9,26H2,1H3,(H2,27,30,32). The second-order valence-corrected chi connectivity index (χ2v) is 7.68. The first-order chi connectivity index (χ1) is 16.2. The number of hydrogen-bond acceptors (Lipinski definition) is 8. The van der Waals surface area contributed by atoms with Gasteiger partial charge < -0.3 is 31.7 Å². The lowest BCUT2D eigenvalue weighted by Gasteiger charge is -2.15. The fraction of sp³-hybridized carbons (Fsp3) is 0.182. The minimum Gasteiger partial charge on any atom is -0.436 e. The van der Waals surface area contributed by atoms with Crippen LogP contribution in [0.3, 0.4) is 0 Å². The molecule has 0 spiro atoms. The van der Waals surface area contributed by atoms with Crippen LogP contribution >= 0.6 is 0 Å². The van der Waals surface area contributed by atoms with Crippen molar-refractivity contribution in [1.29, 1.82) is 5.41 Å². The molecule has 0 aliphatic carbocycles. The highest BCUT2D eigenvalue weighted by molar-refractivity contribution is 6.06. The maximum absolute atomic E-state index is 14.5. The largest absolute Gasteiger partial charge is 0.436 e. The molecular formula is C22H21F2N7O3. The molecular weight excluding hydrogens is 448 g/mol. The summed E-state index contributed by atoms with van der Waals surface area (Å²) in [5.41, 5.74) is 13.6. The van der Waals surface area contributed by atoms with E-state index in [1.165, 1.54) is 12.3 Å². The number of aliphatic hydroxyl groups is 1. The van der Waals surface area contributed by atoms with E-state index in [0.29, 0.717) is 28.1 Å². The molecule has 4 rings (SSSR count). The van der Waals surface area contributed by atoms with Crippen LogP contribution in [0.15, 0.2) is 45.9 Å². The Labute approximate surface area is 192 Å². The van der Waals surface area contributed by atoms with Gasteiger partial charge in [0.1, 0.15) is 17.7 Å². The highest BCUT2D eigenvalue weighted by atomic mass is 19.2. The van der Waals surface area contributed by atoms with Crippen molar-refractivity contribution in [2.45, 2.75) is 19.2 Å². The number of amidine groups is 1. The van der Waals surface area contributed by atoms with Gasteiger partial charge in [-0.05, 0) is 42.8 Å². The van der Waals surface area contributed by atoms with E-state index >= 15 is 0 Å². The van der Waals surface area contributed by atoms with Gasteiger partial charge in [0.05, 0.1) is 18.3 Å². The third-order valence-electron chi connectivity index (χ3n) is 5.23. The van der Waals surface area contributed by atoms with Crippen molar-refractivity contribution in [3.05, 3.63) is 64.8 Å². The third kappa shape index (κ3) is 4.63. The lowest BCUT2D eigenvalue weighted by molar-refractivity contribution is -0.119. The van der Waals surface area contributed by atoms with Crippen LogP contribution in [-0.4, -0.2) is 45.8 Å². The molecule has 3 unspecified atom stereocenters. The first-order valence-electron chi connectivity index (χ1n) is 10.1. The SMILES string of the molecule is Cc1cc(F)c(C(N)=NC(=O)C2CN2F)cc1NC(O)c1cnc(-c2ccc(N)c(C=N)c2)o1. The topological polar surface area (TPSA) is 167 Å². The van der Waals surface area contributed by atoms with Crippen LogP contribution < -0.4 is 16.8 Å². The number of nitrogens with zero attached hydrogens (tertiary/aromatic N) is 3.